The molecule has 1 aliphatic carbocycles. The zero-order valence-electron chi connectivity index (χ0n) is 17.5. The summed E-state index contributed by atoms with van der Waals surface area (Å²) in [5.41, 5.74) is 1.79. The van der Waals surface area contributed by atoms with Crippen LogP contribution in [0.15, 0.2) is 24.3 Å². The van der Waals surface area contributed by atoms with Crippen LogP contribution in [0.1, 0.15) is 47.1 Å². The van der Waals surface area contributed by atoms with Gasteiger partial charge in [-0.05, 0) is 31.9 Å². The molecule has 2 N–H and O–H groups in total. The third kappa shape index (κ3) is 5.11. The molecule has 31 heavy (non-hydrogen) atoms. The van der Waals surface area contributed by atoms with E-state index in [0.29, 0.717) is 29.5 Å². The Morgan fingerprint density at radius 3 is 2.77 bits per heavy atom. The van der Waals surface area contributed by atoms with E-state index in [1.807, 2.05) is 4.90 Å². The number of aromatic nitrogens is 1. The van der Waals surface area contributed by atoms with E-state index in [4.69, 9.17) is 4.74 Å². The second-order valence-electron chi connectivity index (χ2n) is 7.78. The quantitative estimate of drug-likeness (QED) is 0.639. The van der Waals surface area contributed by atoms with Gasteiger partial charge in [0.05, 0.1) is 30.1 Å². The van der Waals surface area contributed by atoms with Crippen LogP contribution in [-0.2, 0) is 27.3 Å². The van der Waals surface area contributed by atoms with E-state index >= 15 is 0 Å². The van der Waals surface area contributed by atoms with Crippen molar-refractivity contribution in [2.45, 2.75) is 39.2 Å². The van der Waals surface area contributed by atoms with E-state index in [1.54, 1.807) is 31.2 Å². The lowest BCUT2D eigenvalue weighted by Crippen LogP contribution is -2.37. The van der Waals surface area contributed by atoms with E-state index < -0.39 is 5.97 Å². The topological polar surface area (TPSA) is 101 Å². The Morgan fingerprint density at radius 2 is 2.03 bits per heavy atom. The van der Waals surface area contributed by atoms with Gasteiger partial charge in [-0.15, -0.1) is 11.3 Å². The number of rotatable bonds is 7. The standard InChI is InChI=1S/C22H26N4O4S/c1-2-30-21(29)15-8-3-4-9-16(15)23-19(27)13-26-11-10-17-18(12-26)31-22(24-17)25-20(28)14-6-5-7-14/h3-4,8-9,14H,2,5-7,10-13H2,1H3,(H,23,27)(H,24,25,28). The third-order valence-electron chi connectivity index (χ3n) is 5.58. The molecule has 2 aliphatic rings. The van der Waals surface area contributed by atoms with Crippen molar-refractivity contribution < 1.29 is 19.1 Å². The summed E-state index contributed by atoms with van der Waals surface area (Å²) >= 11 is 1.48. The molecule has 0 unspecified atom stereocenters. The second kappa shape index (κ2) is 9.57. The van der Waals surface area contributed by atoms with Crippen molar-refractivity contribution in [3.63, 3.8) is 0 Å². The molecule has 2 aromatic rings. The predicted octanol–water partition coefficient (Wildman–Crippen LogP) is 3.06. The van der Waals surface area contributed by atoms with Crippen molar-refractivity contribution in [2.75, 3.05) is 30.3 Å². The second-order valence-corrected chi connectivity index (χ2v) is 8.86. The van der Waals surface area contributed by atoms with E-state index in [-0.39, 0.29) is 30.9 Å². The number of thiazole rings is 1. The normalized spacial score (nSPS) is 16.2. The fraction of sp³-hybridized carbons (Fsp3) is 0.455. The molecule has 1 saturated carbocycles. The molecule has 1 aromatic heterocycles. The zero-order chi connectivity index (χ0) is 21.8. The van der Waals surface area contributed by atoms with Gasteiger partial charge in [0.15, 0.2) is 5.13 Å². The van der Waals surface area contributed by atoms with Crippen LogP contribution in [0.5, 0.6) is 0 Å². The number of hydrogen-bond donors (Lipinski definition) is 2. The largest absolute Gasteiger partial charge is 0.462 e. The number of benzene rings is 1. The fourth-order valence-corrected chi connectivity index (χ4v) is 4.74. The highest BCUT2D eigenvalue weighted by atomic mass is 32.1. The first-order valence-electron chi connectivity index (χ1n) is 10.6. The number of para-hydroxylation sites is 1. The summed E-state index contributed by atoms with van der Waals surface area (Å²) < 4.78 is 5.06. The van der Waals surface area contributed by atoms with Gasteiger partial charge in [-0.25, -0.2) is 9.78 Å². The lowest BCUT2D eigenvalue weighted by molar-refractivity contribution is -0.122. The highest BCUT2D eigenvalue weighted by molar-refractivity contribution is 7.15. The number of amides is 2. The van der Waals surface area contributed by atoms with E-state index in [9.17, 15) is 14.4 Å². The molecule has 0 radical (unpaired) electrons. The Bertz CT molecular complexity index is 986. The minimum atomic E-state index is -0.456. The van der Waals surface area contributed by atoms with Crippen LogP contribution in [0, 0.1) is 5.92 Å². The van der Waals surface area contributed by atoms with E-state index in [1.165, 1.54) is 11.3 Å². The number of nitrogens with zero attached hydrogens (tertiary/aromatic N) is 2. The average Bonchev–Trinajstić information content (AvgIpc) is 3.08. The van der Waals surface area contributed by atoms with Crippen LogP contribution in [0.2, 0.25) is 0 Å². The smallest absolute Gasteiger partial charge is 0.340 e. The summed E-state index contributed by atoms with van der Waals surface area (Å²) in [6, 6.07) is 6.83. The van der Waals surface area contributed by atoms with Gasteiger partial charge in [0.1, 0.15) is 0 Å². The summed E-state index contributed by atoms with van der Waals surface area (Å²) in [5, 5.41) is 6.42. The molecule has 0 saturated heterocycles. The summed E-state index contributed by atoms with van der Waals surface area (Å²) in [4.78, 5) is 44.6. The van der Waals surface area contributed by atoms with Gasteiger partial charge in [-0.3, -0.25) is 14.5 Å². The number of nitrogens with one attached hydrogen (secondary N) is 2. The van der Waals surface area contributed by atoms with Crippen molar-refractivity contribution in [1.29, 1.82) is 0 Å². The maximum atomic E-state index is 12.6. The lowest BCUT2D eigenvalue weighted by atomic mass is 9.85. The minimum absolute atomic E-state index is 0.0637. The zero-order valence-corrected chi connectivity index (χ0v) is 18.3. The van der Waals surface area contributed by atoms with Gasteiger partial charge in [0.25, 0.3) is 0 Å². The third-order valence-corrected chi connectivity index (χ3v) is 6.58. The Kier molecular flexibility index (Phi) is 6.62. The van der Waals surface area contributed by atoms with Gasteiger partial charge in [0, 0.05) is 30.3 Å². The fourth-order valence-electron chi connectivity index (χ4n) is 3.69. The molecule has 1 fully saturated rings. The molecular formula is C22H26N4O4S. The van der Waals surface area contributed by atoms with Crippen molar-refractivity contribution >= 4 is 39.9 Å². The van der Waals surface area contributed by atoms with Crippen molar-refractivity contribution in [3.8, 4) is 0 Å². The SMILES string of the molecule is CCOC(=O)c1ccccc1NC(=O)CN1CCc2nc(NC(=O)C3CCC3)sc2C1. The molecule has 4 rings (SSSR count). The Labute approximate surface area is 185 Å². The monoisotopic (exact) mass is 442 g/mol. The van der Waals surface area contributed by atoms with Gasteiger partial charge in [0.2, 0.25) is 11.8 Å². The Balaban J connectivity index is 1.34. The average molecular weight is 443 g/mol. The van der Waals surface area contributed by atoms with Crippen molar-refractivity contribution in [3.05, 3.63) is 40.4 Å². The summed E-state index contributed by atoms with van der Waals surface area (Å²) in [7, 11) is 0. The number of fused-ring (bicyclic) bond motifs is 1. The summed E-state index contributed by atoms with van der Waals surface area (Å²) in [6.07, 6.45) is 3.77. The number of carbonyl (C=O) groups is 3. The van der Waals surface area contributed by atoms with Crippen LogP contribution in [0.25, 0.3) is 0 Å². The number of esters is 1. The molecule has 1 aromatic carbocycles. The van der Waals surface area contributed by atoms with Gasteiger partial charge in [-0.2, -0.15) is 0 Å². The first-order valence-corrected chi connectivity index (χ1v) is 11.4. The van der Waals surface area contributed by atoms with E-state index in [0.717, 1.165) is 36.3 Å². The lowest BCUT2D eigenvalue weighted by Gasteiger charge is -2.25. The molecule has 0 bridgehead atoms. The summed E-state index contributed by atoms with van der Waals surface area (Å²) in [6.45, 7) is 3.54. The van der Waals surface area contributed by atoms with Crippen LogP contribution in [0.3, 0.4) is 0 Å². The Morgan fingerprint density at radius 1 is 1.23 bits per heavy atom. The van der Waals surface area contributed by atoms with Crippen LogP contribution < -0.4 is 10.6 Å². The molecule has 164 valence electrons. The molecule has 8 nitrogen and oxygen atoms in total. The van der Waals surface area contributed by atoms with E-state index in [2.05, 4.69) is 15.6 Å². The molecule has 0 atom stereocenters. The highest BCUT2D eigenvalue weighted by Gasteiger charge is 2.27. The maximum absolute atomic E-state index is 12.6. The molecule has 2 heterocycles. The van der Waals surface area contributed by atoms with Gasteiger partial charge >= 0.3 is 5.97 Å². The minimum Gasteiger partial charge on any atom is -0.462 e. The maximum Gasteiger partial charge on any atom is 0.340 e. The van der Waals surface area contributed by atoms with Crippen LogP contribution in [-0.4, -0.2) is 47.4 Å². The molecule has 9 heteroatoms. The van der Waals surface area contributed by atoms with Gasteiger partial charge in [-0.1, -0.05) is 18.6 Å². The molecule has 2 amide bonds. The van der Waals surface area contributed by atoms with Crippen molar-refractivity contribution in [1.82, 2.24) is 9.88 Å². The van der Waals surface area contributed by atoms with Crippen LogP contribution >= 0.6 is 11.3 Å². The molecular weight excluding hydrogens is 416 g/mol. The molecule has 0 spiro atoms. The number of anilines is 2. The predicted molar refractivity (Wildman–Crippen MR) is 118 cm³/mol. The summed E-state index contributed by atoms with van der Waals surface area (Å²) in [5.74, 6) is -0.460. The van der Waals surface area contributed by atoms with Crippen molar-refractivity contribution in [2.24, 2.45) is 5.92 Å². The van der Waals surface area contributed by atoms with Gasteiger partial charge < -0.3 is 15.4 Å². The highest BCUT2D eigenvalue weighted by Crippen LogP contribution is 2.31. The first kappa shape index (κ1) is 21.5. The Hall–Kier alpha value is -2.78. The first-order chi connectivity index (χ1) is 15.0. The number of carbonyl (C=O) groups excluding carboxylic acids is 3. The number of ether oxygens (including phenoxy) is 1. The van der Waals surface area contributed by atoms with Crippen LogP contribution in [0.4, 0.5) is 10.8 Å². The molecule has 1 aliphatic heterocycles. The number of hydrogen-bond acceptors (Lipinski definition) is 7.